The fraction of sp³-hybridized carbons (Fsp3) is 0.538. The summed E-state index contributed by atoms with van der Waals surface area (Å²) in [6.45, 7) is 7.03. The van der Waals surface area contributed by atoms with E-state index >= 15 is 0 Å². The van der Waals surface area contributed by atoms with Crippen LogP contribution in [0.25, 0.3) is 0 Å². The Labute approximate surface area is 110 Å². The molecule has 0 radical (unpaired) electrons. The van der Waals surface area contributed by atoms with Gasteiger partial charge in [-0.15, -0.1) is 0 Å². The number of benzene rings is 1. The summed E-state index contributed by atoms with van der Waals surface area (Å²) in [5.41, 5.74) is 1.91. The van der Waals surface area contributed by atoms with Crippen LogP contribution in [0, 0.1) is 19.8 Å². The van der Waals surface area contributed by atoms with Crippen LogP contribution < -0.4 is 10.0 Å². The van der Waals surface area contributed by atoms with Crippen LogP contribution in [-0.4, -0.2) is 28.6 Å². The van der Waals surface area contributed by atoms with Gasteiger partial charge in [0.15, 0.2) is 0 Å². The van der Waals surface area contributed by atoms with Crippen molar-refractivity contribution in [3.8, 4) is 0 Å². The van der Waals surface area contributed by atoms with Crippen LogP contribution in [0.2, 0.25) is 0 Å². The quantitative estimate of drug-likeness (QED) is 0.822. The molecule has 0 fully saturated rings. The second-order valence-corrected chi connectivity index (χ2v) is 6.61. The van der Waals surface area contributed by atoms with Crippen molar-refractivity contribution >= 4 is 10.0 Å². The Morgan fingerprint density at radius 2 is 1.67 bits per heavy atom. The molecule has 1 unspecified atom stereocenters. The van der Waals surface area contributed by atoms with Crippen LogP contribution in [0.4, 0.5) is 0 Å². The first-order chi connectivity index (χ1) is 8.35. The maximum absolute atomic E-state index is 12.1. The molecule has 0 aliphatic rings. The van der Waals surface area contributed by atoms with E-state index in [1.807, 2.05) is 33.9 Å². The second-order valence-electron chi connectivity index (χ2n) is 4.84. The molecule has 4 nitrogen and oxygen atoms in total. The van der Waals surface area contributed by atoms with Crippen molar-refractivity contribution in [2.24, 2.45) is 5.92 Å². The van der Waals surface area contributed by atoms with Crippen LogP contribution in [0.5, 0.6) is 0 Å². The predicted octanol–water partition coefficient (Wildman–Crippen LogP) is 1.44. The third-order valence-electron chi connectivity index (χ3n) is 2.68. The maximum atomic E-state index is 12.1. The minimum atomic E-state index is -3.40. The summed E-state index contributed by atoms with van der Waals surface area (Å²) < 4.78 is 26.9. The lowest BCUT2D eigenvalue weighted by Crippen LogP contribution is -2.32. The Kier molecular flexibility index (Phi) is 5.31. The molecule has 1 rings (SSSR count). The molecule has 0 aromatic heterocycles. The third kappa shape index (κ3) is 4.40. The minimum Gasteiger partial charge on any atom is -0.319 e. The second kappa shape index (κ2) is 6.31. The average molecular weight is 270 g/mol. The summed E-state index contributed by atoms with van der Waals surface area (Å²) in [5.74, 6) is 0.260. The number of nitrogens with one attached hydrogen (secondary N) is 2. The zero-order valence-electron chi connectivity index (χ0n) is 11.4. The molecule has 0 saturated heterocycles. The first-order valence-corrected chi connectivity index (χ1v) is 7.56. The molecular formula is C13H22N2O2S. The first-order valence-electron chi connectivity index (χ1n) is 6.07. The maximum Gasteiger partial charge on any atom is 0.240 e. The highest BCUT2D eigenvalue weighted by Crippen LogP contribution is 2.14. The van der Waals surface area contributed by atoms with Gasteiger partial charge in [0, 0.05) is 6.54 Å². The Morgan fingerprint density at radius 1 is 1.11 bits per heavy atom. The van der Waals surface area contributed by atoms with Gasteiger partial charge in [0.05, 0.1) is 4.90 Å². The van der Waals surface area contributed by atoms with Crippen molar-refractivity contribution in [3.05, 3.63) is 29.3 Å². The number of hydrogen-bond donors (Lipinski definition) is 2. The van der Waals surface area contributed by atoms with Crippen molar-refractivity contribution in [2.75, 3.05) is 20.1 Å². The lowest BCUT2D eigenvalue weighted by molar-refractivity contribution is 0.519. The summed E-state index contributed by atoms with van der Waals surface area (Å²) in [4.78, 5) is 0.344. The number of hydrogen-bond acceptors (Lipinski definition) is 3. The predicted molar refractivity (Wildman–Crippen MR) is 74.2 cm³/mol. The number of rotatable bonds is 6. The molecular weight excluding hydrogens is 248 g/mol. The van der Waals surface area contributed by atoms with Gasteiger partial charge in [-0.2, -0.15) is 0 Å². The molecule has 0 bridgehead atoms. The Hall–Kier alpha value is -0.910. The highest BCUT2D eigenvalue weighted by atomic mass is 32.2. The van der Waals surface area contributed by atoms with Gasteiger partial charge in [-0.25, -0.2) is 13.1 Å². The van der Waals surface area contributed by atoms with Crippen molar-refractivity contribution in [3.63, 3.8) is 0 Å². The van der Waals surface area contributed by atoms with Gasteiger partial charge in [-0.1, -0.05) is 13.0 Å². The van der Waals surface area contributed by atoms with Gasteiger partial charge < -0.3 is 5.32 Å². The van der Waals surface area contributed by atoms with E-state index in [9.17, 15) is 8.42 Å². The number of sulfonamides is 1. The largest absolute Gasteiger partial charge is 0.319 e. The fourth-order valence-electron chi connectivity index (χ4n) is 1.84. The van der Waals surface area contributed by atoms with Gasteiger partial charge in [-0.3, -0.25) is 0 Å². The van der Waals surface area contributed by atoms with Gasteiger partial charge >= 0.3 is 0 Å². The minimum absolute atomic E-state index is 0.260. The molecule has 1 atom stereocenters. The average Bonchev–Trinajstić information content (AvgIpc) is 2.26. The van der Waals surface area contributed by atoms with Crippen molar-refractivity contribution in [1.82, 2.24) is 10.0 Å². The molecule has 0 spiro atoms. The van der Waals surface area contributed by atoms with Gasteiger partial charge in [0.1, 0.15) is 0 Å². The van der Waals surface area contributed by atoms with Crippen molar-refractivity contribution < 1.29 is 8.42 Å². The lowest BCUT2D eigenvalue weighted by atomic mass is 10.2. The highest BCUT2D eigenvalue weighted by Gasteiger charge is 2.15. The van der Waals surface area contributed by atoms with Gasteiger partial charge in [0.2, 0.25) is 10.0 Å². The van der Waals surface area contributed by atoms with E-state index in [4.69, 9.17) is 0 Å². The molecule has 18 heavy (non-hydrogen) atoms. The summed E-state index contributed by atoms with van der Waals surface area (Å²) in [7, 11) is -1.54. The van der Waals surface area contributed by atoms with Gasteiger partial charge in [-0.05, 0) is 56.6 Å². The van der Waals surface area contributed by atoms with Crippen LogP contribution in [-0.2, 0) is 10.0 Å². The summed E-state index contributed by atoms with van der Waals surface area (Å²) in [6.07, 6.45) is 0. The molecule has 102 valence electrons. The van der Waals surface area contributed by atoms with E-state index in [1.54, 1.807) is 12.1 Å². The fourth-order valence-corrected chi connectivity index (χ4v) is 3.20. The molecule has 0 amide bonds. The molecule has 1 aromatic carbocycles. The molecule has 2 N–H and O–H groups in total. The summed E-state index contributed by atoms with van der Waals surface area (Å²) >= 11 is 0. The summed E-state index contributed by atoms with van der Waals surface area (Å²) in [5, 5.41) is 3.03. The lowest BCUT2D eigenvalue weighted by Gasteiger charge is -2.13. The van der Waals surface area contributed by atoms with E-state index in [2.05, 4.69) is 10.0 Å². The van der Waals surface area contributed by atoms with Gasteiger partial charge in [0.25, 0.3) is 0 Å². The van der Waals surface area contributed by atoms with E-state index in [0.29, 0.717) is 11.4 Å². The zero-order valence-corrected chi connectivity index (χ0v) is 12.3. The Balaban J connectivity index is 2.80. The summed E-state index contributed by atoms with van der Waals surface area (Å²) in [6, 6.07) is 5.35. The molecule has 1 aromatic rings. The zero-order chi connectivity index (χ0) is 13.8. The monoisotopic (exact) mass is 270 g/mol. The normalized spacial score (nSPS) is 13.6. The van der Waals surface area contributed by atoms with Crippen molar-refractivity contribution in [1.29, 1.82) is 0 Å². The smallest absolute Gasteiger partial charge is 0.240 e. The van der Waals surface area contributed by atoms with Crippen molar-refractivity contribution in [2.45, 2.75) is 25.7 Å². The molecule has 0 aliphatic heterocycles. The molecule has 0 saturated carbocycles. The molecule has 0 aliphatic carbocycles. The SMILES string of the molecule is CNCC(C)CNS(=O)(=O)c1cc(C)cc(C)c1. The number of aryl methyl sites for hydroxylation is 2. The van der Waals surface area contributed by atoms with Crippen LogP contribution in [0.1, 0.15) is 18.1 Å². The van der Waals surface area contributed by atoms with E-state index < -0.39 is 10.0 Å². The molecule has 5 heteroatoms. The van der Waals surface area contributed by atoms with E-state index in [0.717, 1.165) is 17.7 Å². The van der Waals surface area contributed by atoms with Crippen LogP contribution in [0.15, 0.2) is 23.1 Å². The van der Waals surface area contributed by atoms with E-state index in [-0.39, 0.29) is 5.92 Å². The topological polar surface area (TPSA) is 58.2 Å². The highest BCUT2D eigenvalue weighted by molar-refractivity contribution is 7.89. The molecule has 0 heterocycles. The third-order valence-corrected chi connectivity index (χ3v) is 4.08. The Morgan fingerprint density at radius 3 is 2.17 bits per heavy atom. The van der Waals surface area contributed by atoms with E-state index in [1.165, 1.54) is 0 Å². The van der Waals surface area contributed by atoms with Crippen LogP contribution in [0.3, 0.4) is 0 Å². The standard InChI is InChI=1S/C13H22N2O2S/c1-10-5-11(2)7-13(6-10)18(16,17)15-9-12(3)8-14-4/h5-7,12,14-15H,8-9H2,1-4H3. The Bertz CT molecular complexity index is 477. The first kappa shape index (κ1) is 15.1. The van der Waals surface area contributed by atoms with Crippen LogP contribution >= 0.6 is 0 Å².